The van der Waals surface area contributed by atoms with Gasteiger partial charge in [-0.25, -0.2) is 50.5 Å². The van der Waals surface area contributed by atoms with E-state index in [1.54, 1.807) is 42.7 Å². The van der Waals surface area contributed by atoms with E-state index < -0.39 is 100 Å². The molecule has 0 aromatic heterocycles. The van der Waals surface area contributed by atoms with Crippen molar-refractivity contribution in [2.45, 2.75) is 395 Å². The van der Waals surface area contributed by atoms with Crippen molar-refractivity contribution in [1.29, 1.82) is 0 Å². The SMILES string of the molecule is COC(C)OC1C2CC(C1OCCCS(=O)(=O)[O-])C1C3CCC(C3)C21.COCOC12CC3(OCCCS(=O)(=O)[O-])CC(OCOC)(C1)CC(OCOC)(C3)C2.COCOC12CC3CC(OCCCS(=O)(=O)[O-])(C1)CC(OCOC)(C3)C2.O=S(=O)([O-])CCCOC12CC3CC(C1)CC(OC1CCCCO1)(C3)C2.O=S(=O)([O-])CCCOC1C2CCC(C2)C1OC1CCCCO1.O=S(=O)([O-])CCCOC1CCCC1OC1CCCCO1. The largest absolute Gasteiger partial charge is 0.748 e. The van der Waals surface area contributed by atoms with Crippen LogP contribution in [0.15, 0.2) is 0 Å². The molecular formula is C100H168O42S6-6. The second kappa shape index (κ2) is 53.4. The Balaban J connectivity index is 0.000000141. The summed E-state index contributed by atoms with van der Waals surface area (Å²) in [4.78, 5) is 0. The fourth-order valence-electron chi connectivity index (χ4n) is 30.9. The van der Waals surface area contributed by atoms with Crippen LogP contribution in [-0.2, 0) is 174 Å². The minimum absolute atomic E-state index is 0.00474. The molecule has 3 saturated heterocycles. The maximum Gasteiger partial charge on any atom is 0.158 e. The first kappa shape index (κ1) is 122. The highest BCUT2D eigenvalue weighted by Gasteiger charge is 2.73. The first-order valence-electron chi connectivity index (χ1n) is 54.2. The number of fused-ring (bicyclic) bond motifs is 11. The summed E-state index contributed by atoms with van der Waals surface area (Å²) in [5, 5.41) is 0. The molecule has 0 aromatic carbocycles. The van der Waals surface area contributed by atoms with Crippen LogP contribution in [0.25, 0.3) is 0 Å². The average Bonchev–Trinajstić information content (AvgIpc) is 0.731. The standard InChI is InChI=1S/C19H34O10S.2C18H30O6S.C17H30O8S.C15H26O6S.C13H24O6S/c1-23-13-27-17-7-16(26-5-4-6-30(20,21)22)8-18(10-17,28-14-24-2)12-19(9-16,11-17)29-15-25-3;1-10(22-2)24-18-14-9-13(15-11-4-5-12(8-11)16(14)15)17(18)23-6-3-7-25(19,20)21;19-25(20,21)7-3-6-23-17-9-14-8-15(10-17)12-18(11-14,13-17)24-16-4-1-2-5-22-16;1-21-12-24-16-7-14-6-15(9-16,23-4-3-5-26(18,19)20)10-17(8-14,11-16)25-13-22-2;16-22(17,18)9-3-8-20-14-11-5-6-12(10-11)15(14)21-13-4-1-2-7-19-13;14-20(15,16)10-4-9-17-11-5-3-6-12(11)19-13-7-1-2-8-18-13/h4-15H2,1-3H3,(H,20,21,22);10-18H,3-9H2,1-2H3,(H,19,20,21);14-16H,1-13H2,(H,19,20,21);14H,3-13H2,1-2H3,(H,18,19,20);11-15H,1-10H2,(H,16,17,18);11-13H,1-10H2,(H,14,15,16)/p-6. The van der Waals surface area contributed by atoms with Crippen LogP contribution in [0.5, 0.6) is 0 Å². The Morgan fingerprint density at radius 3 is 1.03 bits per heavy atom. The van der Waals surface area contributed by atoms with E-state index in [4.69, 9.17) is 114 Å². The quantitative estimate of drug-likeness (QED) is 0.0236. The molecule has 22 fully saturated rings. The minimum Gasteiger partial charge on any atom is -0.748 e. The van der Waals surface area contributed by atoms with E-state index in [1.165, 1.54) is 38.5 Å². The van der Waals surface area contributed by atoms with Gasteiger partial charge in [-0.2, -0.15) is 0 Å². The Morgan fingerprint density at radius 1 is 0.291 bits per heavy atom. The highest BCUT2D eigenvalue weighted by atomic mass is 32.2. The Kier molecular flexibility index (Phi) is 44.0. The highest BCUT2D eigenvalue weighted by Crippen LogP contribution is 2.70. The molecule has 0 radical (unpaired) electrons. The fraction of sp³-hybridized carbons (Fsp3) is 1.00. The van der Waals surface area contributed by atoms with Gasteiger partial charge in [-0.05, 0) is 284 Å². The highest BCUT2D eigenvalue weighted by molar-refractivity contribution is 7.86. The summed E-state index contributed by atoms with van der Waals surface area (Å²) in [7, 11) is -15.5. The van der Waals surface area contributed by atoms with Gasteiger partial charge in [-0.3, -0.25) is 0 Å². The molecule has 3 aliphatic heterocycles. The second-order valence-corrected chi connectivity index (χ2v) is 55.4. The van der Waals surface area contributed by atoms with Crippen molar-refractivity contribution in [2.24, 2.45) is 65.1 Å². The molecule has 18 bridgehead atoms. The van der Waals surface area contributed by atoms with Gasteiger partial charge in [0.25, 0.3) is 0 Å². The zero-order chi connectivity index (χ0) is 106. The second-order valence-electron chi connectivity index (χ2n) is 46.3. The summed E-state index contributed by atoms with van der Waals surface area (Å²) in [6, 6.07) is 0. The lowest BCUT2D eigenvalue weighted by Gasteiger charge is -2.68. The van der Waals surface area contributed by atoms with Crippen LogP contribution >= 0.6 is 0 Å². The van der Waals surface area contributed by atoms with Crippen LogP contribution in [0.3, 0.4) is 0 Å². The van der Waals surface area contributed by atoms with Gasteiger partial charge in [0.1, 0.15) is 34.0 Å². The van der Waals surface area contributed by atoms with Crippen LogP contribution in [-0.4, -0.2) is 361 Å². The monoisotopic (exact) mass is 2230 g/mol. The molecule has 0 aromatic rings. The van der Waals surface area contributed by atoms with E-state index in [0.717, 1.165) is 204 Å². The third-order valence-electron chi connectivity index (χ3n) is 34.6. The Hall–Kier alpha value is -1.50. The lowest BCUT2D eigenvalue weighted by molar-refractivity contribution is -0.355. The molecule has 22 atom stereocenters. The third-order valence-corrected chi connectivity index (χ3v) is 39.3. The van der Waals surface area contributed by atoms with Crippen molar-refractivity contribution in [3.8, 4) is 0 Å². The minimum atomic E-state index is -4.28. The van der Waals surface area contributed by atoms with Crippen LogP contribution in [0.1, 0.15) is 283 Å². The number of methoxy groups -OCH3 is 6. The van der Waals surface area contributed by atoms with Crippen LogP contribution in [0.2, 0.25) is 0 Å². The maximum absolute atomic E-state index is 10.9. The number of hydrogen-bond donors (Lipinski definition) is 0. The molecule has 22 aliphatic rings. The van der Waals surface area contributed by atoms with Gasteiger partial charge in [0.2, 0.25) is 0 Å². The summed E-state index contributed by atoms with van der Waals surface area (Å²) in [5.41, 5.74) is -3.78. The molecule has 42 nitrogen and oxygen atoms in total. The molecule has 19 saturated carbocycles. The third kappa shape index (κ3) is 34.8. The van der Waals surface area contributed by atoms with Crippen LogP contribution < -0.4 is 0 Å². The zero-order valence-corrected chi connectivity index (χ0v) is 92.7. The average molecular weight is 2230 g/mol. The summed E-state index contributed by atoms with van der Waals surface area (Å²) in [5.74, 6) is 4.75. The van der Waals surface area contributed by atoms with Crippen molar-refractivity contribution in [1.82, 2.24) is 0 Å². The Morgan fingerprint density at radius 2 is 0.615 bits per heavy atom. The Labute approximate surface area is 877 Å². The lowest BCUT2D eigenvalue weighted by Crippen LogP contribution is -2.74. The van der Waals surface area contributed by atoms with E-state index in [0.29, 0.717) is 99.8 Å². The zero-order valence-electron chi connectivity index (χ0n) is 87.8. The number of rotatable bonds is 54. The maximum atomic E-state index is 10.9. The molecule has 19 aliphatic carbocycles. The summed E-state index contributed by atoms with van der Waals surface area (Å²) < 4.78 is 334. The molecule has 148 heavy (non-hydrogen) atoms. The summed E-state index contributed by atoms with van der Waals surface area (Å²) in [6.45, 7) is 6.69. The molecule has 0 spiro atoms. The van der Waals surface area contributed by atoms with Gasteiger partial charge in [0.15, 0.2) is 25.2 Å². The summed E-state index contributed by atoms with van der Waals surface area (Å²) in [6.07, 6.45) is 37.5. The lowest BCUT2D eigenvalue weighted by atomic mass is 9.48. The summed E-state index contributed by atoms with van der Waals surface area (Å²) >= 11 is 0. The van der Waals surface area contributed by atoms with E-state index in [-0.39, 0.29) is 200 Å². The predicted octanol–water partition coefficient (Wildman–Crippen LogP) is 10.2. The van der Waals surface area contributed by atoms with E-state index in [1.807, 2.05) is 6.92 Å². The van der Waals surface area contributed by atoms with E-state index >= 15 is 0 Å². The molecule has 22 unspecified atom stereocenters. The van der Waals surface area contributed by atoms with Gasteiger partial charge in [-0.1, -0.05) is 0 Å². The van der Waals surface area contributed by atoms with Gasteiger partial charge in [-0.15, -0.1) is 0 Å². The van der Waals surface area contributed by atoms with Crippen molar-refractivity contribution in [3.05, 3.63) is 0 Å². The van der Waals surface area contributed by atoms with E-state index in [2.05, 4.69) is 0 Å². The van der Waals surface area contributed by atoms with Crippen LogP contribution in [0.4, 0.5) is 0 Å². The Bertz CT molecular complexity index is 4690. The van der Waals surface area contributed by atoms with Crippen molar-refractivity contribution < 1.29 is 192 Å². The topological polar surface area (TPSA) is 565 Å². The first-order chi connectivity index (χ1) is 70.2. The molecule has 862 valence electrons. The smallest absolute Gasteiger partial charge is 0.158 e. The molecular weight excluding hydrogens is 2070 g/mol. The molecule has 0 N–H and O–H groups in total. The van der Waals surface area contributed by atoms with Gasteiger partial charge >= 0.3 is 0 Å². The normalized spacial score (nSPS) is 39.5. The van der Waals surface area contributed by atoms with Crippen molar-refractivity contribution >= 4 is 60.7 Å². The first-order valence-corrected chi connectivity index (χ1v) is 63.7. The predicted molar refractivity (Wildman–Crippen MR) is 522 cm³/mol. The number of ether oxygens (including phenoxy) is 24. The van der Waals surface area contributed by atoms with Crippen LogP contribution in [0, 0.1) is 65.1 Å². The van der Waals surface area contributed by atoms with Crippen molar-refractivity contribution in [3.63, 3.8) is 0 Å². The molecule has 48 heteroatoms. The van der Waals surface area contributed by atoms with Gasteiger partial charge in [0, 0.05) is 201 Å². The van der Waals surface area contributed by atoms with Gasteiger partial charge in [0.05, 0.1) is 148 Å². The van der Waals surface area contributed by atoms with E-state index in [9.17, 15) is 77.8 Å². The van der Waals surface area contributed by atoms with Gasteiger partial charge < -0.3 is 141 Å². The molecule has 22 rings (SSSR count). The number of hydrogen-bond acceptors (Lipinski definition) is 42. The molecule has 3 heterocycles. The molecule has 0 amide bonds. The fourth-order valence-corrected chi connectivity index (χ4v) is 33.7. The van der Waals surface area contributed by atoms with Crippen molar-refractivity contribution in [2.75, 3.05) is 171 Å².